The third-order valence-corrected chi connectivity index (χ3v) is 5.66. The molecule has 0 atom stereocenters. The molecule has 0 bridgehead atoms. The second-order valence-corrected chi connectivity index (χ2v) is 8.16. The highest BCUT2D eigenvalue weighted by molar-refractivity contribution is 7.99. The minimum atomic E-state index is -0.106. The normalized spacial score (nSPS) is 10.7. The largest absolute Gasteiger partial charge is 0.352 e. The van der Waals surface area contributed by atoms with Crippen LogP contribution in [0.25, 0.3) is 0 Å². The van der Waals surface area contributed by atoms with Crippen LogP contribution in [0, 0.1) is 13.8 Å². The third kappa shape index (κ3) is 6.42. The summed E-state index contributed by atoms with van der Waals surface area (Å²) < 4.78 is 1.97. The zero-order valence-electron chi connectivity index (χ0n) is 18.0. The molecule has 1 heterocycles. The summed E-state index contributed by atoms with van der Waals surface area (Å²) in [6, 6.07) is 15.2. The van der Waals surface area contributed by atoms with E-state index in [0.717, 1.165) is 22.6 Å². The lowest BCUT2D eigenvalue weighted by atomic mass is 10.1. The maximum absolute atomic E-state index is 12.3. The number of carbonyl (C=O) groups is 2. The number of amides is 2. The van der Waals surface area contributed by atoms with Crippen molar-refractivity contribution in [1.29, 1.82) is 0 Å². The van der Waals surface area contributed by atoms with Gasteiger partial charge in [-0.05, 0) is 50.6 Å². The maximum atomic E-state index is 12.3. The minimum absolute atomic E-state index is 0.0897. The number of nitrogens with one attached hydrogen (secondary N) is 2. The summed E-state index contributed by atoms with van der Waals surface area (Å²) in [6.07, 6.45) is 0.564. The van der Waals surface area contributed by atoms with Gasteiger partial charge in [-0.15, -0.1) is 10.2 Å². The Morgan fingerprint density at radius 2 is 1.81 bits per heavy atom. The summed E-state index contributed by atoms with van der Waals surface area (Å²) in [5.41, 5.74) is 3.63. The molecule has 0 spiro atoms. The molecule has 0 saturated carbocycles. The number of aryl methyl sites for hydroxylation is 2. The van der Waals surface area contributed by atoms with Crippen LogP contribution in [0.2, 0.25) is 0 Å². The molecule has 162 valence electrons. The number of hydrogen-bond acceptors (Lipinski definition) is 5. The third-order valence-electron chi connectivity index (χ3n) is 4.69. The minimum Gasteiger partial charge on any atom is -0.352 e. The Kier molecular flexibility index (Phi) is 7.83. The number of thioether (sulfide) groups is 1. The number of anilines is 1. The molecule has 0 aliphatic carbocycles. The van der Waals surface area contributed by atoms with Crippen molar-refractivity contribution in [3.63, 3.8) is 0 Å². The number of aromatic nitrogens is 3. The van der Waals surface area contributed by atoms with Gasteiger partial charge in [-0.3, -0.25) is 9.59 Å². The summed E-state index contributed by atoms with van der Waals surface area (Å²) in [5.74, 6) is 0.836. The fraction of sp³-hybridized carbons (Fsp3) is 0.304. The van der Waals surface area contributed by atoms with Crippen LogP contribution in [0.5, 0.6) is 0 Å². The van der Waals surface area contributed by atoms with Gasteiger partial charge in [0.1, 0.15) is 5.82 Å². The van der Waals surface area contributed by atoms with Gasteiger partial charge in [-0.1, -0.05) is 41.6 Å². The van der Waals surface area contributed by atoms with Gasteiger partial charge in [0.25, 0.3) is 5.91 Å². The average molecular weight is 438 g/mol. The summed E-state index contributed by atoms with van der Waals surface area (Å²) in [6.45, 7) is 7.13. The van der Waals surface area contributed by atoms with Gasteiger partial charge < -0.3 is 15.2 Å². The standard InChI is InChI=1S/C23H27N5O2S/c1-4-28-20(12-13-24-22(30)18-10-8-16(2)9-11-18)26-27-23(28)31-15-21(29)25-19-7-5-6-17(3)14-19/h5-11,14H,4,12-13,15H2,1-3H3,(H,24,30)(H,25,29). The fourth-order valence-electron chi connectivity index (χ4n) is 3.07. The van der Waals surface area contributed by atoms with Crippen molar-refractivity contribution in [2.45, 2.75) is 38.9 Å². The first-order valence-corrected chi connectivity index (χ1v) is 11.2. The second kappa shape index (κ2) is 10.8. The SMILES string of the molecule is CCn1c(CCNC(=O)c2ccc(C)cc2)nnc1SCC(=O)Nc1cccc(C)c1. The van der Waals surface area contributed by atoms with Crippen molar-refractivity contribution in [2.75, 3.05) is 17.6 Å². The molecule has 0 unspecified atom stereocenters. The highest BCUT2D eigenvalue weighted by Crippen LogP contribution is 2.18. The number of carbonyl (C=O) groups excluding carboxylic acids is 2. The Hall–Kier alpha value is -3.13. The number of hydrogen-bond donors (Lipinski definition) is 2. The first-order valence-electron chi connectivity index (χ1n) is 10.2. The lowest BCUT2D eigenvalue weighted by molar-refractivity contribution is -0.113. The first-order chi connectivity index (χ1) is 15.0. The van der Waals surface area contributed by atoms with E-state index >= 15 is 0 Å². The zero-order chi connectivity index (χ0) is 22.2. The van der Waals surface area contributed by atoms with Crippen LogP contribution in [0.1, 0.15) is 34.2 Å². The smallest absolute Gasteiger partial charge is 0.251 e. The molecular formula is C23H27N5O2S. The molecule has 1 aromatic heterocycles. The highest BCUT2D eigenvalue weighted by atomic mass is 32.2. The molecule has 0 fully saturated rings. The van der Waals surface area contributed by atoms with E-state index < -0.39 is 0 Å². The molecule has 0 aliphatic heterocycles. The summed E-state index contributed by atoms with van der Waals surface area (Å²) >= 11 is 1.35. The van der Waals surface area contributed by atoms with Gasteiger partial charge in [0.15, 0.2) is 5.16 Å². The molecule has 0 aliphatic rings. The zero-order valence-corrected chi connectivity index (χ0v) is 18.8. The van der Waals surface area contributed by atoms with Crippen LogP contribution in [0.3, 0.4) is 0 Å². The van der Waals surface area contributed by atoms with Crippen LogP contribution in [0.4, 0.5) is 5.69 Å². The number of nitrogens with zero attached hydrogens (tertiary/aromatic N) is 3. The van der Waals surface area contributed by atoms with Crippen molar-refractivity contribution in [1.82, 2.24) is 20.1 Å². The van der Waals surface area contributed by atoms with Crippen LogP contribution >= 0.6 is 11.8 Å². The Balaban J connectivity index is 1.51. The van der Waals surface area contributed by atoms with E-state index in [2.05, 4.69) is 20.8 Å². The second-order valence-electron chi connectivity index (χ2n) is 7.22. The summed E-state index contributed by atoms with van der Waals surface area (Å²) in [5, 5.41) is 15.0. The van der Waals surface area contributed by atoms with Crippen molar-refractivity contribution in [3.05, 3.63) is 71.0 Å². The van der Waals surface area contributed by atoms with Crippen molar-refractivity contribution < 1.29 is 9.59 Å². The fourth-order valence-corrected chi connectivity index (χ4v) is 3.89. The van der Waals surface area contributed by atoms with E-state index in [-0.39, 0.29) is 17.6 Å². The monoisotopic (exact) mass is 437 g/mol. The van der Waals surface area contributed by atoms with E-state index in [4.69, 9.17) is 0 Å². The van der Waals surface area contributed by atoms with Crippen LogP contribution < -0.4 is 10.6 Å². The predicted molar refractivity (Wildman–Crippen MR) is 123 cm³/mol. The van der Waals surface area contributed by atoms with Crippen LogP contribution in [0.15, 0.2) is 53.7 Å². The summed E-state index contributed by atoms with van der Waals surface area (Å²) in [7, 11) is 0. The van der Waals surface area contributed by atoms with Crippen LogP contribution in [-0.4, -0.2) is 38.9 Å². The Morgan fingerprint density at radius 1 is 1.03 bits per heavy atom. The van der Waals surface area contributed by atoms with Crippen molar-refractivity contribution in [2.24, 2.45) is 0 Å². The van der Waals surface area contributed by atoms with Crippen LogP contribution in [-0.2, 0) is 17.8 Å². The molecule has 31 heavy (non-hydrogen) atoms. The number of rotatable bonds is 9. The Morgan fingerprint density at radius 3 is 2.52 bits per heavy atom. The van der Waals surface area contributed by atoms with Crippen molar-refractivity contribution in [3.8, 4) is 0 Å². The van der Waals surface area contributed by atoms with Gasteiger partial charge in [-0.25, -0.2) is 0 Å². The van der Waals surface area contributed by atoms with Gasteiger partial charge >= 0.3 is 0 Å². The Labute approximate surface area is 186 Å². The lowest BCUT2D eigenvalue weighted by Crippen LogP contribution is -2.26. The van der Waals surface area contributed by atoms with Gasteiger partial charge in [0.05, 0.1) is 5.75 Å². The number of benzene rings is 2. The van der Waals surface area contributed by atoms with Gasteiger partial charge in [0, 0.05) is 30.8 Å². The summed E-state index contributed by atoms with van der Waals surface area (Å²) in [4.78, 5) is 24.5. The maximum Gasteiger partial charge on any atom is 0.251 e. The first kappa shape index (κ1) is 22.6. The van der Waals surface area contributed by atoms with E-state index in [0.29, 0.717) is 30.2 Å². The molecule has 2 amide bonds. The molecule has 3 aromatic rings. The van der Waals surface area contributed by atoms with E-state index in [1.54, 1.807) is 0 Å². The molecule has 0 radical (unpaired) electrons. The lowest BCUT2D eigenvalue weighted by Gasteiger charge is -2.09. The predicted octanol–water partition coefficient (Wildman–Crippen LogP) is 3.62. The van der Waals surface area contributed by atoms with Gasteiger partial charge in [0.2, 0.25) is 5.91 Å². The molecular weight excluding hydrogens is 410 g/mol. The Bertz CT molecular complexity index is 1050. The van der Waals surface area contributed by atoms with Crippen molar-refractivity contribution >= 4 is 29.3 Å². The van der Waals surface area contributed by atoms with E-state index in [9.17, 15) is 9.59 Å². The molecule has 0 saturated heterocycles. The molecule has 2 N–H and O–H groups in total. The molecule has 7 nitrogen and oxygen atoms in total. The molecule has 8 heteroatoms. The quantitative estimate of drug-likeness (QED) is 0.499. The van der Waals surface area contributed by atoms with E-state index in [1.807, 2.05) is 73.9 Å². The molecule has 3 rings (SSSR count). The highest BCUT2D eigenvalue weighted by Gasteiger charge is 2.14. The molecule has 2 aromatic carbocycles. The average Bonchev–Trinajstić information content (AvgIpc) is 3.14. The van der Waals surface area contributed by atoms with Gasteiger partial charge in [-0.2, -0.15) is 0 Å². The van der Waals surface area contributed by atoms with E-state index in [1.165, 1.54) is 11.8 Å². The topological polar surface area (TPSA) is 88.9 Å².